The summed E-state index contributed by atoms with van der Waals surface area (Å²) in [6.45, 7) is -2.23. The first-order valence-corrected chi connectivity index (χ1v) is 27.0. The highest BCUT2D eigenvalue weighted by atomic mass is 32.3. The average molecular weight is 1070 g/mol. The molecule has 4 rings (SSSR count). The molecule has 0 unspecified atom stereocenters. The molecule has 0 heterocycles. The number of rotatable bonds is 20. The van der Waals surface area contributed by atoms with Crippen LogP contribution in [0, 0.1) is 0 Å². The Morgan fingerprint density at radius 2 is 0.788 bits per heavy atom. The minimum atomic E-state index is -5.37. The molecule has 0 radical (unpaired) electrons. The molecule has 0 aromatic heterocycles. The lowest BCUT2D eigenvalue weighted by molar-refractivity contribution is 0.282. The quantitative estimate of drug-likeness (QED) is 0.0380. The standard InChI is InChI=1S/C29H30N8O22S7/c1-57-16-2-5-19(24(12-16)62(42,43)44)34-37-29-27(30)22(35-32-20-6-3-17(13-25(20)63(45,46)47)60(38,39)10-8-58-65(51,52)53)15-23(28(29)31)36-33-21-7-4-18(14-26(21)64(48,49)50)61(40,41)11-9-59-66(54,55)56/h2-7,12-15H,8-11,30-31H2,1H3,(H,42,43,44)(H,45,46,47)(H,48,49,50)(H,51,52,53)(H,54,55,56). The molecule has 0 aliphatic heterocycles. The lowest BCUT2D eigenvalue weighted by atomic mass is 10.2. The number of nitrogens with two attached hydrogens (primary N) is 2. The second kappa shape index (κ2) is 19.7. The van der Waals surface area contributed by atoms with Gasteiger partial charge in [0.1, 0.15) is 54.6 Å². The summed E-state index contributed by atoms with van der Waals surface area (Å²) >= 11 is 0. The van der Waals surface area contributed by atoms with Gasteiger partial charge in [-0.05, 0) is 54.6 Å². The van der Waals surface area contributed by atoms with Crippen molar-refractivity contribution in [2.75, 3.05) is 43.3 Å². The summed E-state index contributed by atoms with van der Waals surface area (Å²) in [5.74, 6) is -2.31. The summed E-state index contributed by atoms with van der Waals surface area (Å²) in [6, 6.07) is 7.61. The van der Waals surface area contributed by atoms with Crippen molar-refractivity contribution < 1.29 is 94.8 Å². The van der Waals surface area contributed by atoms with Gasteiger partial charge in [0.25, 0.3) is 30.4 Å². The third-order valence-corrected chi connectivity index (χ3v) is 14.8. The number of ether oxygens (including phenoxy) is 1. The zero-order chi connectivity index (χ0) is 49.8. The summed E-state index contributed by atoms with van der Waals surface area (Å²) in [5, 5.41) is 22.5. The number of nitrogen functional groups attached to an aromatic ring is 2. The van der Waals surface area contributed by atoms with Gasteiger partial charge in [0.05, 0.1) is 53.0 Å². The van der Waals surface area contributed by atoms with Gasteiger partial charge in [-0.3, -0.25) is 22.8 Å². The molecule has 0 saturated heterocycles. The van der Waals surface area contributed by atoms with E-state index in [1.807, 2.05) is 0 Å². The number of azo groups is 3. The Morgan fingerprint density at radius 3 is 1.14 bits per heavy atom. The molecule has 0 atom stereocenters. The van der Waals surface area contributed by atoms with Crippen molar-refractivity contribution in [3.63, 3.8) is 0 Å². The molecule has 37 heteroatoms. The first-order chi connectivity index (χ1) is 30.1. The normalized spacial score (nSPS) is 13.5. The van der Waals surface area contributed by atoms with Gasteiger partial charge >= 0.3 is 20.8 Å². The predicted octanol–water partition coefficient (Wildman–Crippen LogP) is 3.03. The minimum absolute atomic E-state index is 0.0622. The Bertz CT molecular complexity index is 3310. The largest absolute Gasteiger partial charge is 0.497 e. The maximum absolute atomic E-state index is 12.8. The molecule has 0 bridgehead atoms. The number of nitrogens with zero attached hydrogens (tertiary/aromatic N) is 6. The van der Waals surface area contributed by atoms with E-state index in [0.717, 1.165) is 30.3 Å². The van der Waals surface area contributed by atoms with Crippen molar-refractivity contribution in [1.82, 2.24) is 0 Å². The van der Waals surface area contributed by atoms with Gasteiger partial charge in [-0.2, -0.15) is 42.1 Å². The van der Waals surface area contributed by atoms with Crippen LogP contribution in [-0.2, 0) is 79.2 Å². The van der Waals surface area contributed by atoms with E-state index in [1.165, 1.54) is 13.2 Å². The van der Waals surface area contributed by atoms with Crippen molar-refractivity contribution >= 4 is 116 Å². The predicted molar refractivity (Wildman–Crippen MR) is 222 cm³/mol. The fraction of sp³-hybridized carbons (Fsp3) is 0.172. The first kappa shape index (κ1) is 53.1. The molecular weight excluding hydrogens is 1040 g/mol. The van der Waals surface area contributed by atoms with Crippen molar-refractivity contribution in [2.24, 2.45) is 30.7 Å². The van der Waals surface area contributed by atoms with Gasteiger partial charge in [-0.15, -0.1) is 30.7 Å². The van der Waals surface area contributed by atoms with Crippen LogP contribution in [0.3, 0.4) is 0 Å². The number of benzene rings is 4. The van der Waals surface area contributed by atoms with Gasteiger partial charge in [-0.1, -0.05) is 0 Å². The Labute approximate surface area is 374 Å². The Morgan fingerprint density at radius 1 is 0.455 bits per heavy atom. The van der Waals surface area contributed by atoms with Crippen LogP contribution in [0.5, 0.6) is 5.75 Å². The summed E-state index contributed by atoms with van der Waals surface area (Å²) in [5.41, 5.74) is 7.22. The van der Waals surface area contributed by atoms with Crippen LogP contribution >= 0.6 is 0 Å². The molecule has 0 fully saturated rings. The lowest BCUT2D eigenvalue weighted by Crippen LogP contribution is -2.16. The number of sulfone groups is 2. The number of anilines is 2. The van der Waals surface area contributed by atoms with E-state index in [0.29, 0.717) is 24.3 Å². The van der Waals surface area contributed by atoms with Crippen LogP contribution in [0.15, 0.2) is 116 Å². The summed E-state index contributed by atoms with van der Waals surface area (Å²) in [6.07, 6.45) is 0. The van der Waals surface area contributed by atoms with Gasteiger partial charge < -0.3 is 16.2 Å². The van der Waals surface area contributed by atoms with Crippen LogP contribution in [0.1, 0.15) is 0 Å². The lowest BCUT2D eigenvalue weighted by Gasteiger charge is -2.11. The minimum Gasteiger partial charge on any atom is -0.497 e. The van der Waals surface area contributed by atoms with Crippen LogP contribution in [-0.4, -0.2) is 114 Å². The maximum atomic E-state index is 12.8. The molecule has 4 aromatic carbocycles. The highest BCUT2D eigenvalue weighted by Crippen LogP contribution is 2.46. The molecule has 0 spiro atoms. The van der Waals surface area contributed by atoms with Gasteiger partial charge in [-0.25, -0.2) is 25.2 Å². The Balaban J connectivity index is 1.93. The fourth-order valence-electron chi connectivity index (χ4n) is 4.86. The smallest absolute Gasteiger partial charge is 0.397 e. The molecule has 360 valence electrons. The molecule has 0 aliphatic carbocycles. The van der Waals surface area contributed by atoms with Crippen molar-refractivity contribution in [3.8, 4) is 5.75 Å². The SMILES string of the molecule is COc1ccc(N=Nc2c(N)c(N=Nc3ccc(S(=O)(=O)CCOS(=O)(=O)O)cc3S(=O)(=O)O)cc(N=Nc3ccc(S(=O)(=O)CCOS(=O)(=O)O)cc3S(=O)(=O)O)c2N)c(S(=O)(=O)O)c1. The van der Waals surface area contributed by atoms with Gasteiger partial charge in [0.15, 0.2) is 19.7 Å². The van der Waals surface area contributed by atoms with Crippen LogP contribution in [0.4, 0.5) is 45.5 Å². The second-order valence-corrected chi connectivity index (χ2v) is 22.9. The van der Waals surface area contributed by atoms with E-state index < -0.39 is 166 Å². The van der Waals surface area contributed by atoms with Crippen LogP contribution < -0.4 is 16.2 Å². The summed E-state index contributed by atoms with van der Waals surface area (Å²) < 4.78 is 228. The molecule has 9 N–H and O–H groups in total. The third-order valence-electron chi connectivity index (χ3n) is 7.87. The molecule has 0 amide bonds. The average Bonchev–Trinajstić information content (AvgIpc) is 3.17. The third kappa shape index (κ3) is 14.2. The van der Waals surface area contributed by atoms with E-state index in [9.17, 15) is 72.6 Å². The number of hydrogen-bond acceptors (Lipinski definition) is 25. The summed E-state index contributed by atoms with van der Waals surface area (Å²) in [4.78, 5) is -4.91. The molecule has 0 saturated carbocycles. The zero-order valence-electron chi connectivity index (χ0n) is 32.5. The van der Waals surface area contributed by atoms with E-state index in [2.05, 4.69) is 39.1 Å². The highest BCUT2D eigenvalue weighted by Gasteiger charge is 2.26. The van der Waals surface area contributed by atoms with E-state index in [4.69, 9.17) is 25.3 Å². The van der Waals surface area contributed by atoms with E-state index in [-0.39, 0.29) is 5.75 Å². The van der Waals surface area contributed by atoms with E-state index >= 15 is 0 Å². The molecule has 30 nitrogen and oxygen atoms in total. The topological polar surface area (TPSA) is 494 Å². The monoisotopic (exact) mass is 1070 g/mol. The molecule has 4 aromatic rings. The van der Waals surface area contributed by atoms with Crippen molar-refractivity contribution in [3.05, 3.63) is 60.7 Å². The zero-order valence-corrected chi connectivity index (χ0v) is 38.2. The summed E-state index contributed by atoms with van der Waals surface area (Å²) in [7, 11) is -33.9. The highest BCUT2D eigenvalue weighted by molar-refractivity contribution is 7.92. The Kier molecular flexibility index (Phi) is 15.9. The number of hydrogen-bond donors (Lipinski definition) is 7. The van der Waals surface area contributed by atoms with Gasteiger partial charge in [0.2, 0.25) is 0 Å². The molecule has 66 heavy (non-hydrogen) atoms. The Hall–Kier alpha value is -5.55. The second-order valence-electron chi connectivity index (χ2n) is 12.3. The van der Waals surface area contributed by atoms with E-state index in [1.54, 1.807) is 0 Å². The fourth-order valence-corrected chi connectivity index (χ4v) is 9.97. The van der Waals surface area contributed by atoms with Crippen molar-refractivity contribution in [1.29, 1.82) is 0 Å². The van der Waals surface area contributed by atoms with Gasteiger partial charge in [0, 0.05) is 6.07 Å². The van der Waals surface area contributed by atoms with Crippen LogP contribution in [0.2, 0.25) is 0 Å². The number of methoxy groups -OCH3 is 1. The molecule has 0 aliphatic rings. The molecular formula is C29H30N8O22S7. The van der Waals surface area contributed by atoms with Crippen LogP contribution in [0.25, 0.3) is 0 Å². The first-order valence-electron chi connectivity index (χ1n) is 16.7. The van der Waals surface area contributed by atoms with Crippen molar-refractivity contribution in [2.45, 2.75) is 24.5 Å². The maximum Gasteiger partial charge on any atom is 0.397 e.